The fourth-order valence-corrected chi connectivity index (χ4v) is 1.23. The zero-order chi connectivity index (χ0) is 12.3. The SMILES string of the molecule is Cc1cc(F)c(OC(F)F)cc1CC(=O)O. The number of hydrogen-bond acceptors (Lipinski definition) is 2. The summed E-state index contributed by atoms with van der Waals surface area (Å²) in [7, 11) is 0. The van der Waals surface area contributed by atoms with Gasteiger partial charge in [-0.05, 0) is 30.2 Å². The van der Waals surface area contributed by atoms with Crippen LogP contribution in [-0.2, 0) is 11.2 Å². The zero-order valence-electron chi connectivity index (χ0n) is 8.34. The van der Waals surface area contributed by atoms with Gasteiger partial charge in [0, 0.05) is 0 Å². The van der Waals surface area contributed by atoms with E-state index in [0.717, 1.165) is 12.1 Å². The molecule has 0 saturated heterocycles. The van der Waals surface area contributed by atoms with Crippen LogP contribution in [0.15, 0.2) is 12.1 Å². The van der Waals surface area contributed by atoms with Gasteiger partial charge in [0.05, 0.1) is 6.42 Å². The Morgan fingerprint density at radius 3 is 2.62 bits per heavy atom. The maximum Gasteiger partial charge on any atom is 0.387 e. The quantitative estimate of drug-likeness (QED) is 0.869. The van der Waals surface area contributed by atoms with Crippen LogP contribution < -0.4 is 4.74 Å². The van der Waals surface area contributed by atoms with Crippen LogP contribution in [0.5, 0.6) is 5.75 Å². The van der Waals surface area contributed by atoms with E-state index >= 15 is 0 Å². The number of benzene rings is 1. The number of rotatable bonds is 4. The van der Waals surface area contributed by atoms with E-state index in [9.17, 15) is 18.0 Å². The lowest BCUT2D eigenvalue weighted by atomic mass is 10.1. The highest BCUT2D eigenvalue weighted by Crippen LogP contribution is 2.24. The summed E-state index contributed by atoms with van der Waals surface area (Å²) < 4.78 is 40.8. The minimum absolute atomic E-state index is 0.240. The molecule has 0 aromatic heterocycles. The van der Waals surface area contributed by atoms with Crippen LogP contribution in [0.3, 0.4) is 0 Å². The van der Waals surface area contributed by atoms with E-state index in [2.05, 4.69) is 4.74 Å². The van der Waals surface area contributed by atoms with Crippen molar-refractivity contribution in [2.24, 2.45) is 0 Å². The second-order valence-corrected chi connectivity index (χ2v) is 3.16. The number of alkyl halides is 2. The molecular weight excluding hydrogens is 225 g/mol. The average molecular weight is 234 g/mol. The number of ether oxygens (including phenoxy) is 1. The molecule has 88 valence electrons. The minimum Gasteiger partial charge on any atom is -0.481 e. The lowest BCUT2D eigenvalue weighted by Gasteiger charge is -2.09. The van der Waals surface area contributed by atoms with Crippen molar-refractivity contribution in [1.82, 2.24) is 0 Å². The summed E-state index contributed by atoms with van der Waals surface area (Å²) in [6.45, 7) is -1.65. The molecule has 0 aliphatic rings. The van der Waals surface area contributed by atoms with Crippen LogP contribution in [0, 0.1) is 12.7 Å². The van der Waals surface area contributed by atoms with E-state index in [0.29, 0.717) is 5.56 Å². The fourth-order valence-electron chi connectivity index (χ4n) is 1.23. The Bertz CT molecular complexity index is 405. The van der Waals surface area contributed by atoms with Gasteiger partial charge in [-0.3, -0.25) is 4.79 Å². The molecule has 0 heterocycles. The first-order valence-electron chi connectivity index (χ1n) is 4.35. The Hall–Kier alpha value is -1.72. The summed E-state index contributed by atoms with van der Waals surface area (Å²) in [5.74, 6) is -2.71. The summed E-state index contributed by atoms with van der Waals surface area (Å²) in [5, 5.41) is 8.55. The van der Waals surface area contributed by atoms with E-state index in [1.54, 1.807) is 0 Å². The molecule has 1 aromatic carbocycles. The van der Waals surface area contributed by atoms with Gasteiger partial charge in [-0.25, -0.2) is 4.39 Å². The molecule has 0 atom stereocenters. The summed E-state index contributed by atoms with van der Waals surface area (Å²) in [4.78, 5) is 10.5. The predicted octanol–water partition coefficient (Wildman–Crippen LogP) is 2.36. The second-order valence-electron chi connectivity index (χ2n) is 3.16. The maximum absolute atomic E-state index is 13.1. The maximum atomic E-state index is 13.1. The second kappa shape index (κ2) is 4.87. The first kappa shape index (κ1) is 12.4. The molecule has 0 spiro atoms. The first-order chi connectivity index (χ1) is 7.40. The van der Waals surface area contributed by atoms with Crippen molar-refractivity contribution >= 4 is 5.97 Å². The third kappa shape index (κ3) is 3.15. The number of carbonyl (C=O) groups is 1. The van der Waals surface area contributed by atoms with E-state index in [-0.39, 0.29) is 12.0 Å². The summed E-state index contributed by atoms with van der Waals surface area (Å²) in [6, 6.07) is 1.95. The molecule has 0 bridgehead atoms. The molecule has 16 heavy (non-hydrogen) atoms. The zero-order valence-corrected chi connectivity index (χ0v) is 8.34. The van der Waals surface area contributed by atoms with Crippen LogP contribution >= 0.6 is 0 Å². The van der Waals surface area contributed by atoms with Gasteiger partial charge in [0.15, 0.2) is 11.6 Å². The van der Waals surface area contributed by atoms with Crippen molar-refractivity contribution in [2.45, 2.75) is 20.0 Å². The Morgan fingerprint density at radius 1 is 1.50 bits per heavy atom. The van der Waals surface area contributed by atoms with E-state index in [4.69, 9.17) is 5.11 Å². The average Bonchev–Trinajstić information content (AvgIpc) is 2.11. The number of aryl methyl sites for hydroxylation is 1. The third-order valence-electron chi connectivity index (χ3n) is 1.95. The number of hydrogen-bond donors (Lipinski definition) is 1. The van der Waals surface area contributed by atoms with Gasteiger partial charge in [0.1, 0.15) is 0 Å². The molecule has 3 nitrogen and oxygen atoms in total. The Morgan fingerprint density at radius 2 is 2.12 bits per heavy atom. The molecule has 0 unspecified atom stereocenters. The van der Waals surface area contributed by atoms with Gasteiger partial charge in [0.2, 0.25) is 0 Å². The molecule has 1 N–H and O–H groups in total. The van der Waals surface area contributed by atoms with E-state index < -0.39 is 24.1 Å². The van der Waals surface area contributed by atoms with E-state index in [1.807, 2.05) is 0 Å². The topological polar surface area (TPSA) is 46.5 Å². The highest BCUT2D eigenvalue weighted by molar-refractivity contribution is 5.71. The predicted molar refractivity (Wildman–Crippen MR) is 49.1 cm³/mol. The molecule has 0 fully saturated rings. The number of carboxylic acids is 1. The summed E-state index contributed by atoms with van der Waals surface area (Å²) >= 11 is 0. The fraction of sp³-hybridized carbons (Fsp3) is 0.300. The van der Waals surface area contributed by atoms with Gasteiger partial charge in [-0.15, -0.1) is 0 Å². The molecule has 0 aliphatic heterocycles. The van der Waals surface area contributed by atoms with Crippen LogP contribution in [0.4, 0.5) is 13.2 Å². The molecule has 0 radical (unpaired) electrons. The van der Waals surface area contributed by atoms with Crippen LogP contribution in [-0.4, -0.2) is 17.7 Å². The van der Waals surface area contributed by atoms with Crippen molar-refractivity contribution in [3.63, 3.8) is 0 Å². The van der Waals surface area contributed by atoms with Crippen molar-refractivity contribution < 1.29 is 27.8 Å². The molecule has 6 heteroatoms. The highest BCUT2D eigenvalue weighted by Gasteiger charge is 2.14. The van der Waals surface area contributed by atoms with Gasteiger partial charge < -0.3 is 9.84 Å². The normalized spacial score (nSPS) is 10.6. The van der Waals surface area contributed by atoms with Gasteiger partial charge in [0.25, 0.3) is 0 Å². The number of carboxylic acid groups (broad SMARTS) is 1. The minimum atomic E-state index is -3.14. The monoisotopic (exact) mass is 234 g/mol. The molecule has 1 rings (SSSR count). The Labute approximate surface area is 89.5 Å². The van der Waals surface area contributed by atoms with Gasteiger partial charge >= 0.3 is 12.6 Å². The lowest BCUT2D eigenvalue weighted by molar-refractivity contribution is -0.136. The van der Waals surface area contributed by atoms with Crippen molar-refractivity contribution in [1.29, 1.82) is 0 Å². The molecular formula is C10H9F3O3. The summed E-state index contributed by atoms with van der Waals surface area (Å²) in [5.41, 5.74) is 0.617. The van der Waals surface area contributed by atoms with Gasteiger partial charge in [-0.2, -0.15) is 8.78 Å². The Balaban J connectivity index is 3.05. The smallest absolute Gasteiger partial charge is 0.387 e. The van der Waals surface area contributed by atoms with Crippen molar-refractivity contribution in [3.05, 3.63) is 29.1 Å². The molecule has 0 amide bonds. The highest BCUT2D eigenvalue weighted by atomic mass is 19.3. The largest absolute Gasteiger partial charge is 0.481 e. The van der Waals surface area contributed by atoms with Crippen LogP contribution in [0.2, 0.25) is 0 Å². The molecule has 0 aliphatic carbocycles. The number of halogens is 3. The third-order valence-corrected chi connectivity index (χ3v) is 1.95. The first-order valence-corrected chi connectivity index (χ1v) is 4.35. The Kier molecular flexibility index (Phi) is 3.76. The van der Waals surface area contributed by atoms with Crippen LogP contribution in [0.1, 0.15) is 11.1 Å². The van der Waals surface area contributed by atoms with Crippen molar-refractivity contribution in [2.75, 3.05) is 0 Å². The van der Waals surface area contributed by atoms with Crippen LogP contribution in [0.25, 0.3) is 0 Å². The molecule has 0 saturated carbocycles. The summed E-state index contributed by atoms with van der Waals surface area (Å²) in [6.07, 6.45) is -0.369. The van der Waals surface area contributed by atoms with Gasteiger partial charge in [-0.1, -0.05) is 0 Å². The van der Waals surface area contributed by atoms with Crippen molar-refractivity contribution in [3.8, 4) is 5.75 Å². The lowest BCUT2D eigenvalue weighted by Crippen LogP contribution is -2.07. The number of aliphatic carboxylic acids is 1. The molecule has 1 aromatic rings. The standard InChI is InChI=1S/C10H9F3O3/c1-5-2-7(11)8(16-10(12)13)3-6(5)4-9(14)15/h2-3,10H,4H2,1H3,(H,14,15). The van der Waals surface area contributed by atoms with E-state index in [1.165, 1.54) is 6.92 Å².